The van der Waals surface area contributed by atoms with E-state index in [0.29, 0.717) is 36.4 Å². The normalized spacial score (nSPS) is 12.0. The predicted octanol–water partition coefficient (Wildman–Crippen LogP) is 4.16. The van der Waals surface area contributed by atoms with Crippen molar-refractivity contribution in [2.24, 2.45) is 4.99 Å². The second kappa shape index (κ2) is 11.7. The van der Waals surface area contributed by atoms with Gasteiger partial charge in [0.15, 0.2) is 17.5 Å². The summed E-state index contributed by atoms with van der Waals surface area (Å²) in [5.41, 5.74) is 0.810. The van der Waals surface area contributed by atoms with Gasteiger partial charge in [0, 0.05) is 7.05 Å². The summed E-state index contributed by atoms with van der Waals surface area (Å²) < 4.78 is 16.8. The molecule has 0 saturated carbocycles. The Morgan fingerprint density at radius 1 is 1.21 bits per heavy atom. The first-order valence-corrected chi connectivity index (χ1v) is 9.80. The minimum Gasteiger partial charge on any atom is -0.493 e. The van der Waals surface area contributed by atoms with Gasteiger partial charge in [0.25, 0.3) is 0 Å². The molecule has 0 radical (unpaired) electrons. The van der Waals surface area contributed by atoms with Crippen molar-refractivity contribution >= 4 is 41.3 Å². The highest BCUT2D eigenvalue weighted by molar-refractivity contribution is 14.0. The van der Waals surface area contributed by atoms with Crippen molar-refractivity contribution in [3.8, 4) is 22.3 Å². The molecule has 1 unspecified atom stereocenters. The van der Waals surface area contributed by atoms with Gasteiger partial charge < -0.3 is 24.5 Å². The Morgan fingerprint density at radius 3 is 2.69 bits per heavy atom. The van der Waals surface area contributed by atoms with Crippen LogP contribution in [-0.2, 0) is 6.54 Å². The highest BCUT2D eigenvalue weighted by atomic mass is 127. The minimum atomic E-state index is -0.0765. The van der Waals surface area contributed by atoms with E-state index in [-0.39, 0.29) is 30.1 Å². The predicted molar refractivity (Wildman–Crippen MR) is 127 cm³/mol. The van der Waals surface area contributed by atoms with Gasteiger partial charge in [-0.05, 0) is 30.5 Å². The molecule has 0 bridgehead atoms. The third kappa shape index (κ3) is 6.64. The van der Waals surface area contributed by atoms with E-state index in [1.54, 1.807) is 31.8 Å². The van der Waals surface area contributed by atoms with E-state index in [4.69, 9.17) is 13.9 Å². The van der Waals surface area contributed by atoms with Crippen molar-refractivity contribution in [2.75, 3.05) is 20.7 Å². The van der Waals surface area contributed by atoms with E-state index < -0.39 is 0 Å². The summed E-state index contributed by atoms with van der Waals surface area (Å²) in [7, 11) is 3.35. The number of methoxy groups -OCH3 is 1. The number of hydrogen-bond acceptors (Lipinski definition) is 6. The molecular formula is C20H25IN4O3S. The Morgan fingerprint density at radius 2 is 2.00 bits per heavy atom. The van der Waals surface area contributed by atoms with Crippen molar-refractivity contribution in [1.29, 1.82) is 0 Å². The lowest BCUT2D eigenvalue weighted by atomic mass is 10.3. The van der Waals surface area contributed by atoms with Gasteiger partial charge >= 0.3 is 0 Å². The summed E-state index contributed by atoms with van der Waals surface area (Å²) in [6, 6.07) is 11.5. The molecule has 7 nitrogen and oxygen atoms in total. The van der Waals surface area contributed by atoms with Crippen LogP contribution in [0, 0.1) is 0 Å². The van der Waals surface area contributed by atoms with Gasteiger partial charge in [-0.3, -0.25) is 4.99 Å². The number of hydrogen-bond donors (Lipinski definition) is 2. The number of nitrogens with zero attached hydrogens (tertiary/aromatic N) is 2. The monoisotopic (exact) mass is 528 g/mol. The lowest BCUT2D eigenvalue weighted by Gasteiger charge is -2.18. The fraction of sp³-hybridized carbons (Fsp3) is 0.300. The van der Waals surface area contributed by atoms with Crippen LogP contribution in [0.4, 0.5) is 0 Å². The van der Waals surface area contributed by atoms with Crippen LogP contribution in [0.5, 0.6) is 11.5 Å². The number of aromatic nitrogens is 1. The summed E-state index contributed by atoms with van der Waals surface area (Å²) in [5.74, 6) is 2.72. The molecular weight excluding hydrogens is 503 g/mol. The van der Waals surface area contributed by atoms with E-state index >= 15 is 0 Å². The summed E-state index contributed by atoms with van der Waals surface area (Å²) in [4.78, 5) is 9.73. The zero-order valence-corrected chi connectivity index (χ0v) is 19.7. The highest BCUT2D eigenvalue weighted by Crippen LogP contribution is 2.26. The van der Waals surface area contributed by atoms with Gasteiger partial charge in [-0.15, -0.1) is 35.3 Å². The molecule has 0 amide bonds. The fourth-order valence-electron chi connectivity index (χ4n) is 2.51. The van der Waals surface area contributed by atoms with Gasteiger partial charge in [-0.25, -0.2) is 4.98 Å². The number of thiophene rings is 1. The second-order valence-corrected chi connectivity index (χ2v) is 6.95. The second-order valence-electron chi connectivity index (χ2n) is 6.01. The summed E-state index contributed by atoms with van der Waals surface area (Å²) in [5, 5.41) is 8.47. The van der Waals surface area contributed by atoms with E-state index in [2.05, 4.69) is 20.6 Å². The number of halogens is 1. The third-order valence-electron chi connectivity index (χ3n) is 3.90. The average molecular weight is 528 g/mol. The van der Waals surface area contributed by atoms with Crippen LogP contribution in [0.15, 0.2) is 57.5 Å². The molecule has 2 N–H and O–H groups in total. The minimum absolute atomic E-state index is 0. The molecule has 2 heterocycles. The number of para-hydroxylation sites is 2. The molecule has 0 spiro atoms. The summed E-state index contributed by atoms with van der Waals surface area (Å²) in [6.45, 7) is 3.07. The molecule has 0 aliphatic carbocycles. The van der Waals surface area contributed by atoms with E-state index in [1.807, 2.05) is 48.7 Å². The summed E-state index contributed by atoms with van der Waals surface area (Å²) >= 11 is 1.60. The Labute approximate surface area is 191 Å². The molecule has 0 aliphatic heterocycles. The molecule has 1 aromatic carbocycles. The molecule has 29 heavy (non-hydrogen) atoms. The van der Waals surface area contributed by atoms with Crippen molar-refractivity contribution in [1.82, 2.24) is 15.6 Å². The lowest BCUT2D eigenvalue weighted by molar-refractivity contribution is 0.213. The molecule has 1 atom stereocenters. The third-order valence-corrected chi connectivity index (χ3v) is 4.76. The number of rotatable bonds is 8. The number of nitrogens with one attached hydrogen (secondary N) is 2. The number of guanidine groups is 1. The van der Waals surface area contributed by atoms with Crippen molar-refractivity contribution in [3.05, 3.63) is 53.7 Å². The first-order chi connectivity index (χ1) is 13.7. The van der Waals surface area contributed by atoms with Gasteiger partial charge in [0.2, 0.25) is 5.89 Å². The Hall–Kier alpha value is -2.27. The zero-order chi connectivity index (χ0) is 19.8. The van der Waals surface area contributed by atoms with E-state index in [0.717, 1.165) is 10.6 Å². The fourth-order valence-corrected chi connectivity index (χ4v) is 3.17. The van der Waals surface area contributed by atoms with Gasteiger partial charge in [-0.1, -0.05) is 18.2 Å². The molecule has 9 heteroatoms. The van der Waals surface area contributed by atoms with Crippen molar-refractivity contribution < 1.29 is 13.9 Å². The van der Waals surface area contributed by atoms with Crippen LogP contribution in [0.2, 0.25) is 0 Å². The van der Waals surface area contributed by atoms with Gasteiger partial charge in [-0.2, -0.15) is 0 Å². The van der Waals surface area contributed by atoms with Crippen LogP contribution in [0.3, 0.4) is 0 Å². The van der Waals surface area contributed by atoms with Crippen LogP contribution in [0.25, 0.3) is 10.8 Å². The molecule has 3 aromatic rings. The maximum atomic E-state index is 5.94. The zero-order valence-electron chi connectivity index (χ0n) is 16.5. The van der Waals surface area contributed by atoms with Crippen LogP contribution >= 0.6 is 35.3 Å². The smallest absolute Gasteiger partial charge is 0.236 e. The van der Waals surface area contributed by atoms with Crippen molar-refractivity contribution in [2.45, 2.75) is 19.6 Å². The van der Waals surface area contributed by atoms with Gasteiger partial charge in [0.05, 0.1) is 30.8 Å². The Balaban J connectivity index is 0.00000300. The van der Waals surface area contributed by atoms with Crippen molar-refractivity contribution in [3.63, 3.8) is 0 Å². The average Bonchev–Trinajstić information content (AvgIpc) is 3.40. The quantitative estimate of drug-likeness (QED) is 0.260. The van der Waals surface area contributed by atoms with Crippen LogP contribution < -0.4 is 20.1 Å². The number of benzene rings is 1. The lowest BCUT2D eigenvalue weighted by Crippen LogP contribution is -2.41. The standard InChI is InChI=1S/C20H24N4O3S.HI/c1-14(27-17-8-5-4-7-16(17)25-3)11-22-20(21-2)23-12-15-13-26-19(24-15)18-9-6-10-28-18;/h4-10,13-14H,11-12H2,1-3H3,(H2,21,22,23);1H. The van der Waals surface area contributed by atoms with E-state index in [1.165, 1.54) is 0 Å². The van der Waals surface area contributed by atoms with Crippen LogP contribution in [-0.4, -0.2) is 37.7 Å². The molecule has 156 valence electrons. The van der Waals surface area contributed by atoms with Gasteiger partial charge in [0.1, 0.15) is 12.4 Å². The molecule has 0 fully saturated rings. The molecule has 0 aliphatic rings. The molecule has 3 rings (SSSR count). The topological polar surface area (TPSA) is 80.9 Å². The first-order valence-electron chi connectivity index (χ1n) is 8.92. The number of oxazole rings is 1. The Bertz CT molecular complexity index is 899. The first kappa shape index (κ1) is 23.0. The largest absolute Gasteiger partial charge is 0.493 e. The highest BCUT2D eigenvalue weighted by Gasteiger charge is 2.11. The number of aliphatic imine (C=N–C) groups is 1. The molecule has 0 saturated heterocycles. The molecule has 2 aromatic heterocycles. The Kier molecular flexibility index (Phi) is 9.26. The maximum Gasteiger partial charge on any atom is 0.236 e. The summed E-state index contributed by atoms with van der Waals surface area (Å²) in [6.07, 6.45) is 1.58. The number of ether oxygens (including phenoxy) is 2. The SMILES string of the molecule is CN=C(NCc1coc(-c2cccs2)n1)NCC(C)Oc1ccccc1OC.I. The maximum absolute atomic E-state index is 5.94. The van der Waals surface area contributed by atoms with Crippen LogP contribution in [0.1, 0.15) is 12.6 Å². The van der Waals surface area contributed by atoms with E-state index in [9.17, 15) is 0 Å².